The number of rotatable bonds is 2. The van der Waals surface area contributed by atoms with E-state index in [0.29, 0.717) is 5.69 Å². The van der Waals surface area contributed by atoms with Crippen LogP contribution in [0.25, 0.3) is 5.65 Å². The van der Waals surface area contributed by atoms with Gasteiger partial charge >= 0.3 is 0 Å². The lowest BCUT2D eigenvalue weighted by Crippen LogP contribution is -2.29. The molecule has 0 bridgehead atoms. The summed E-state index contributed by atoms with van der Waals surface area (Å²) < 4.78 is 1.83. The number of halogens is 2. The first-order chi connectivity index (χ1) is 11.0. The van der Waals surface area contributed by atoms with Gasteiger partial charge < -0.3 is 4.40 Å². The number of pyridine rings is 1. The molecule has 0 unspecified atom stereocenters. The van der Waals surface area contributed by atoms with Gasteiger partial charge in [-0.1, -0.05) is 29.3 Å². The van der Waals surface area contributed by atoms with Gasteiger partial charge in [-0.3, -0.25) is 14.5 Å². The maximum absolute atomic E-state index is 12.5. The van der Waals surface area contributed by atoms with Crippen LogP contribution < -0.4 is 0 Å². The average molecular weight is 346 g/mol. The standard InChI is InChI=1S/C16H9Cl2N3O2/c17-12-5-10-11(6-13(12)18)16(23)21(15(10)22)8-9-7-20-4-2-1-3-14(20)19-9/h1-7H,8H2. The van der Waals surface area contributed by atoms with E-state index in [1.165, 1.54) is 12.1 Å². The Balaban J connectivity index is 1.70. The molecular weight excluding hydrogens is 337 g/mol. The highest BCUT2D eigenvalue weighted by Crippen LogP contribution is 2.32. The van der Waals surface area contributed by atoms with Crippen LogP contribution in [0, 0.1) is 0 Å². The van der Waals surface area contributed by atoms with Crippen molar-refractivity contribution < 1.29 is 9.59 Å². The van der Waals surface area contributed by atoms with Crippen molar-refractivity contribution in [1.82, 2.24) is 14.3 Å². The Morgan fingerprint density at radius 3 is 2.26 bits per heavy atom. The van der Waals surface area contributed by atoms with Crippen molar-refractivity contribution in [2.75, 3.05) is 0 Å². The van der Waals surface area contributed by atoms with E-state index in [1.54, 1.807) is 6.20 Å². The summed E-state index contributed by atoms with van der Waals surface area (Å²) in [5, 5.41) is 0.502. The van der Waals surface area contributed by atoms with Gasteiger partial charge in [0.15, 0.2) is 0 Å². The fourth-order valence-corrected chi connectivity index (χ4v) is 2.98. The zero-order valence-corrected chi connectivity index (χ0v) is 13.2. The van der Waals surface area contributed by atoms with Gasteiger partial charge in [0.1, 0.15) is 5.65 Å². The van der Waals surface area contributed by atoms with Gasteiger partial charge in [0.05, 0.1) is 33.4 Å². The predicted octanol–water partition coefficient (Wildman–Crippen LogP) is 3.44. The lowest BCUT2D eigenvalue weighted by molar-refractivity contribution is 0.0640. The summed E-state index contributed by atoms with van der Waals surface area (Å²) >= 11 is 11.9. The summed E-state index contributed by atoms with van der Waals surface area (Å²) in [7, 11) is 0. The molecule has 0 fully saturated rings. The second-order valence-electron chi connectivity index (χ2n) is 5.21. The Morgan fingerprint density at radius 1 is 1.00 bits per heavy atom. The SMILES string of the molecule is O=C1c2cc(Cl)c(Cl)cc2C(=O)N1Cc1cn2ccccc2n1. The van der Waals surface area contributed by atoms with E-state index >= 15 is 0 Å². The zero-order chi connectivity index (χ0) is 16.1. The van der Waals surface area contributed by atoms with Crippen LogP contribution in [0.2, 0.25) is 10.0 Å². The summed E-state index contributed by atoms with van der Waals surface area (Å²) in [6, 6.07) is 8.47. The maximum atomic E-state index is 12.5. The van der Waals surface area contributed by atoms with Crippen molar-refractivity contribution in [3.05, 3.63) is 69.6 Å². The second kappa shape index (κ2) is 5.08. The second-order valence-corrected chi connectivity index (χ2v) is 6.02. The molecule has 1 aromatic carbocycles. The lowest BCUT2D eigenvalue weighted by atomic mass is 10.1. The van der Waals surface area contributed by atoms with Crippen LogP contribution in [-0.2, 0) is 6.54 Å². The molecule has 0 saturated heterocycles. The monoisotopic (exact) mass is 345 g/mol. The maximum Gasteiger partial charge on any atom is 0.261 e. The number of carbonyl (C=O) groups is 2. The van der Waals surface area contributed by atoms with Crippen LogP contribution in [0.1, 0.15) is 26.4 Å². The molecule has 0 radical (unpaired) electrons. The number of hydrogen-bond acceptors (Lipinski definition) is 3. The van der Waals surface area contributed by atoms with Crippen molar-refractivity contribution in [2.24, 2.45) is 0 Å². The first-order valence-electron chi connectivity index (χ1n) is 6.82. The van der Waals surface area contributed by atoms with Crippen LogP contribution in [0.4, 0.5) is 0 Å². The van der Waals surface area contributed by atoms with Crippen LogP contribution in [0.3, 0.4) is 0 Å². The van der Waals surface area contributed by atoms with Gasteiger partial charge in [-0.15, -0.1) is 0 Å². The summed E-state index contributed by atoms with van der Waals surface area (Å²) in [6.07, 6.45) is 3.65. The van der Waals surface area contributed by atoms with Gasteiger partial charge in [-0.25, -0.2) is 4.98 Å². The first-order valence-corrected chi connectivity index (χ1v) is 7.58. The number of benzene rings is 1. The number of hydrogen-bond donors (Lipinski definition) is 0. The van der Waals surface area contributed by atoms with Crippen molar-refractivity contribution >= 4 is 40.7 Å². The quantitative estimate of drug-likeness (QED) is 0.668. The molecule has 1 aliphatic rings. The third kappa shape index (κ3) is 2.20. The van der Waals surface area contributed by atoms with E-state index in [-0.39, 0.29) is 39.5 Å². The normalized spacial score (nSPS) is 13.9. The molecule has 5 nitrogen and oxygen atoms in total. The molecule has 2 aromatic heterocycles. The Hall–Kier alpha value is -2.37. The minimum absolute atomic E-state index is 0.100. The van der Waals surface area contributed by atoms with E-state index in [9.17, 15) is 9.59 Å². The van der Waals surface area contributed by atoms with Crippen molar-refractivity contribution in [2.45, 2.75) is 6.54 Å². The average Bonchev–Trinajstić information content (AvgIpc) is 3.04. The molecule has 0 N–H and O–H groups in total. The largest absolute Gasteiger partial charge is 0.307 e. The molecule has 1 aliphatic heterocycles. The van der Waals surface area contributed by atoms with Crippen LogP contribution >= 0.6 is 23.2 Å². The third-order valence-electron chi connectivity index (χ3n) is 3.75. The van der Waals surface area contributed by atoms with Crippen LogP contribution in [0.5, 0.6) is 0 Å². The topological polar surface area (TPSA) is 54.7 Å². The lowest BCUT2D eigenvalue weighted by Gasteiger charge is -2.11. The highest BCUT2D eigenvalue weighted by atomic mass is 35.5. The van der Waals surface area contributed by atoms with Gasteiger partial charge in [0.25, 0.3) is 11.8 Å². The summed E-state index contributed by atoms with van der Waals surface area (Å²) in [5.41, 5.74) is 1.93. The third-order valence-corrected chi connectivity index (χ3v) is 4.47. The molecule has 3 heterocycles. The van der Waals surface area contributed by atoms with E-state index < -0.39 is 0 Å². The van der Waals surface area contributed by atoms with E-state index in [0.717, 1.165) is 10.5 Å². The molecule has 0 spiro atoms. The summed E-state index contributed by atoms with van der Waals surface area (Å²) in [5.74, 6) is -0.777. The highest BCUT2D eigenvalue weighted by Gasteiger charge is 2.36. The fourth-order valence-electron chi connectivity index (χ4n) is 2.65. The Morgan fingerprint density at radius 2 is 1.65 bits per heavy atom. The molecule has 0 saturated carbocycles. The molecule has 2 amide bonds. The molecule has 3 aromatic rings. The van der Waals surface area contributed by atoms with Crippen molar-refractivity contribution in [1.29, 1.82) is 0 Å². The number of amides is 2. The molecule has 7 heteroatoms. The predicted molar refractivity (Wildman–Crippen MR) is 85.9 cm³/mol. The van der Waals surface area contributed by atoms with E-state index in [4.69, 9.17) is 23.2 Å². The smallest absolute Gasteiger partial charge is 0.261 e. The molecule has 4 rings (SSSR count). The van der Waals surface area contributed by atoms with Crippen molar-refractivity contribution in [3.8, 4) is 0 Å². The summed E-state index contributed by atoms with van der Waals surface area (Å²) in [4.78, 5) is 30.5. The van der Waals surface area contributed by atoms with Crippen LogP contribution in [0.15, 0.2) is 42.7 Å². The number of aromatic nitrogens is 2. The fraction of sp³-hybridized carbons (Fsp3) is 0.0625. The molecule has 23 heavy (non-hydrogen) atoms. The number of imidazole rings is 1. The summed E-state index contributed by atoms with van der Waals surface area (Å²) in [6.45, 7) is 0.100. The first kappa shape index (κ1) is 14.2. The van der Waals surface area contributed by atoms with Gasteiger partial charge in [-0.2, -0.15) is 0 Å². The van der Waals surface area contributed by atoms with Gasteiger partial charge in [0, 0.05) is 12.4 Å². The number of imide groups is 1. The van der Waals surface area contributed by atoms with Gasteiger partial charge in [-0.05, 0) is 24.3 Å². The molecular formula is C16H9Cl2N3O2. The minimum atomic E-state index is -0.388. The Labute approximate surface area is 141 Å². The molecule has 0 aliphatic carbocycles. The van der Waals surface area contributed by atoms with E-state index in [1.807, 2.05) is 28.8 Å². The minimum Gasteiger partial charge on any atom is -0.307 e. The van der Waals surface area contributed by atoms with E-state index in [2.05, 4.69) is 4.98 Å². The number of fused-ring (bicyclic) bond motifs is 2. The highest BCUT2D eigenvalue weighted by molar-refractivity contribution is 6.43. The Bertz CT molecular complexity index is 907. The van der Waals surface area contributed by atoms with Crippen molar-refractivity contribution in [3.63, 3.8) is 0 Å². The number of carbonyl (C=O) groups excluding carboxylic acids is 2. The van der Waals surface area contributed by atoms with Crippen LogP contribution in [-0.4, -0.2) is 26.1 Å². The Kier molecular flexibility index (Phi) is 3.14. The zero-order valence-electron chi connectivity index (χ0n) is 11.7. The van der Waals surface area contributed by atoms with Gasteiger partial charge in [0.2, 0.25) is 0 Å². The molecule has 0 atom stereocenters. The number of nitrogens with zero attached hydrogens (tertiary/aromatic N) is 3. The molecule has 114 valence electrons.